The van der Waals surface area contributed by atoms with Crippen molar-refractivity contribution in [3.63, 3.8) is 0 Å². The Morgan fingerprint density at radius 3 is 1.55 bits per heavy atom. The highest BCUT2D eigenvalue weighted by molar-refractivity contribution is 6.35. The summed E-state index contributed by atoms with van der Waals surface area (Å²) < 4.78 is 56.0. The molecule has 4 aromatic rings. The molecule has 1 unspecified atom stereocenters. The van der Waals surface area contributed by atoms with Gasteiger partial charge in [-0.2, -0.15) is 13.2 Å². The van der Waals surface area contributed by atoms with Crippen molar-refractivity contribution in [2.75, 3.05) is 11.9 Å². The Kier molecular flexibility index (Phi) is 8.67. The number of carbonyl (C=O) groups is 6. The van der Waals surface area contributed by atoms with Crippen LogP contribution in [-0.4, -0.2) is 53.7 Å². The zero-order valence-corrected chi connectivity index (χ0v) is 29.7. The predicted octanol–water partition coefficient (Wildman–Crippen LogP) is 7.07. The lowest BCUT2D eigenvalue weighted by molar-refractivity contribution is -0.173. The summed E-state index contributed by atoms with van der Waals surface area (Å²) in [5.74, 6) is -4.30. The van der Waals surface area contributed by atoms with Crippen LogP contribution in [-0.2, 0) is 20.4 Å². The minimum Gasteiger partial charge on any atom is -0.426 e. The molecular formula is C40H33F3N2O8. The molecule has 0 N–H and O–H groups in total. The third-order valence-electron chi connectivity index (χ3n) is 10.0. The Hall–Kier alpha value is -6.11. The van der Waals surface area contributed by atoms with E-state index in [0.29, 0.717) is 16.0 Å². The summed E-state index contributed by atoms with van der Waals surface area (Å²) in [6.45, 7) is 8.34. The van der Waals surface area contributed by atoms with Gasteiger partial charge in [0.1, 0.15) is 11.2 Å². The van der Waals surface area contributed by atoms with Crippen molar-refractivity contribution in [3.8, 4) is 11.5 Å². The van der Waals surface area contributed by atoms with Crippen LogP contribution in [0.3, 0.4) is 0 Å². The smallest absolute Gasteiger partial charge is 0.402 e. The minimum atomic E-state index is -4.92. The number of hydrogen-bond acceptors (Lipinski definition) is 8. The largest absolute Gasteiger partial charge is 0.426 e. The number of esters is 2. The first kappa shape index (κ1) is 36.7. The number of alkyl halides is 3. The van der Waals surface area contributed by atoms with Gasteiger partial charge in [0.2, 0.25) is 0 Å². The molecule has 0 aliphatic carbocycles. The number of amides is 4. The van der Waals surface area contributed by atoms with Gasteiger partial charge in [-0.25, -0.2) is 4.90 Å². The van der Waals surface area contributed by atoms with Crippen molar-refractivity contribution in [1.29, 1.82) is 0 Å². The molecule has 13 heteroatoms. The summed E-state index contributed by atoms with van der Waals surface area (Å²) in [6, 6.07) is 16.3. The van der Waals surface area contributed by atoms with Crippen LogP contribution in [0.2, 0.25) is 0 Å². The van der Waals surface area contributed by atoms with Crippen LogP contribution < -0.4 is 14.4 Å². The first-order valence-corrected chi connectivity index (χ1v) is 16.4. The fourth-order valence-corrected chi connectivity index (χ4v) is 6.73. The highest BCUT2D eigenvalue weighted by atomic mass is 19.4. The van der Waals surface area contributed by atoms with Crippen LogP contribution in [0.4, 0.5) is 18.9 Å². The van der Waals surface area contributed by atoms with E-state index in [1.54, 1.807) is 24.3 Å². The summed E-state index contributed by atoms with van der Waals surface area (Å²) in [5.41, 5.74) is -2.63. The molecule has 6 rings (SSSR count). The molecule has 4 amide bonds. The maximum atomic E-state index is 15.2. The molecular weight excluding hydrogens is 693 g/mol. The fourth-order valence-electron chi connectivity index (χ4n) is 6.73. The van der Waals surface area contributed by atoms with E-state index >= 15 is 13.2 Å². The van der Waals surface area contributed by atoms with Gasteiger partial charge in [0, 0.05) is 26.3 Å². The lowest BCUT2D eigenvalue weighted by Gasteiger charge is -2.34. The van der Waals surface area contributed by atoms with Gasteiger partial charge in [-0.3, -0.25) is 33.7 Å². The molecule has 0 fully saturated rings. The predicted molar refractivity (Wildman–Crippen MR) is 185 cm³/mol. The normalized spacial score (nSPS) is 15.4. The Morgan fingerprint density at radius 2 is 1.02 bits per heavy atom. The molecule has 0 spiro atoms. The Labute approximate surface area is 302 Å². The third-order valence-corrected chi connectivity index (χ3v) is 10.0. The summed E-state index contributed by atoms with van der Waals surface area (Å²) in [6.07, 6.45) is -4.92. The van der Waals surface area contributed by atoms with Crippen molar-refractivity contribution in [2.45, 2.75) is 58.5 Å². The number of anilines is 1. The van der Waals surface area contributed by atoms with Gasteiger partial charge in [-0.15, -0.1) is 0 Å². The molecule has 0 bridgehead atoms. The molecule has 0 aromatic heterocycles. The van der Waals surface area contributed by atoms with Gasteiger partial charge in [0.15, 0.2) is 5.75 Å². The molecule has 4 aromatic carbocycles. The second-order valence-corrected chi connectivity index (χ2v) is 13.7. The zero-order valence-electron chi connectivity index (χ0n) is 29.7. The number of nitrogens with zero attached hydrogens (tertiary/aromatic N) is 2. The van der Waals surface area contributed by atoms with E-state index in [0.717, 1.165) is 36.9 Å². The molecule has 2 aliphatic rings. The number of carbonyl (C=O) groups excluding carboxylic acids is 6. The lowest BCUT2D eigenvalue weighted by Crippen LogP contribution is -2.41. The maximum Gasteiger partial charge on any atom is 0.402 e. The summed E-state index contributed by atoms with van der Waals surface area (Å²) >= 11 is 0. The average molecular weight is 727 g/mol. The lowest BCUT2D eigenvalue weighted by atomic mass is 9.75. The van der Waals surface area contributed by atoms with Crippen LogP contribution in [0, 0.1) is 6.92 Å². The minimum absolute atomic E-state index is 0.0275. The van der Waals surface area contributed by atoms with Gasteiger partial charge in [-0.1, -0.05) is 44.2 Å². The topological polar surface area (TPSA) is 127 Å². The number of rotatable bonds is 7. The molecule has 1 atom stereocenters. The number of aryl methyl sites for hydroxylation is 1. The molecule has 2 aliphatic heterocycles. The van der Waals surface area contributed by atoms with Crippen LogP contribution >= 0.6 is 0 Å². The second-order valence-electron chi connectivity index (χ2n) is 13.7. The average Bonchev–Trinajstić information content (AvgIpc) is 3.47. The van der Waals surface area contributed by atoms with Gasteiger partial charge in [0.05, 0.1) is 27.9 Å². The van der Waals surface area contributed by atoms with E-state index in [2.05, 4.69) is 0 Å². The van der Waals surface area contributed by atoms with E-state index in [-0.39, 0.29) is 56.1 Å². The van der Waals surface area contributed by atoms with Crippen LogP contribution in [0.5, 0.6) is 11.5 Å². The van der Waals surface area contributed by atoms with E-state index in [9.17, 15) is 28.8 Å². The molecule has 0 saturated heterocycles. The summed E-state index contributed by atoms with van der Waals surface area (Å²) in [4.78, 5) is 78.6. The Bertz CT molecular complexity index is 2310. The first-order valence-electron chi connectivity index (χ1n) is 16.4. The van der Waals surface area contributed by atoms with Gasteiger partial charge in [0.25, 0.3) is 23.6 Å². The van der Waals surface area contributed by atoms with Crippen LogP contribution in [0.15, 0.2) is 72.8 Å². The first-order chi connectivity index (χ1) is 24.7. The van der Waals surface area contributed by atoms with Crippen LogP contribution in [0.1, 0.15) is 104 Å². The quantitative estimate of drug-likeness (QED) is 0.113. The Morgan fingerprint density at radius 1 is 0.585 bits per heavy atom. The molecule has 272 valence electrons. The van der Waals surface area contributed by atoms with E-state index < -0.39 is 52.6 Å². The van der Waals surface area contributed by atoms with E-state index in [1.807, 2.05) is 13.8 Å². The van der Waals surface area contributed by atoms with Gasteiger partial charge < -0.3 is 9.47 Å². The molecule has 2 heterocycles. The SMILES string of the molecule is CC(=O)Oc1ccc(C(C)(c2ccc(OC(C)=O)c(N3C(=O)c4ccc(C(C)(C)c5ccc6c(c5)C(=O)N(C)C6=O)cc4C3=O)c2)C(F)(F)F)cc1C. The summed E-state index contributed by atoms with van der Waals surface area (Å²) in [5, 5.41) is 0. The number of benzene rings is 4. The van der Waals surface area contributed by atoms with E-state index in [4.69, 9.17) is 9.47 Å². The Balaban J connectivity index is 1.44. The maximum absolute atomic E-state index is 15.2. The van der Waals surface area contributed by atoms with Gasteiger partial charge >= 0.3 is 18.1 Å². The highest BCUT2D eigenvalue weighted by Crippen LogP contribution is 2.49. The molecule has 0 saturated carbocycles. The second kappa shape index (κ2) is 12.5. The number of halogens is 3. The highest BCUT2D eigenvalue weighted by Gasteiger charge is 2.54. The standard InChI is InChI=1S/C40H33F3N2O8/c1-20-16-25(10-14-32(20)52-21(2)46)39(6,40(41,42)43)26-11-15-33(53-22(3)47)31(19-26)45-36(50)28-13-9-24(18-30(28)37(45)51)38(4,5)23-8-12-27-29(17-23)35(49)44(7)34(27)48/h8-19H,1-7H3. The molecule has 10 nitrogen and oxygen atoms in total. The van der Waals surface area contributed by atoms with Crippen molar-refractivity contribution in [3.05, 3.63) is 123 Å². The van der Waals surface area contributed by atoms with Crippen molar-refractivity contribution in [2.24, 2.45) is 0 Å². The molecule has 53 heavy (non-hydrogen) atoms. The number of imide groups is 2. The van der Waals surface area contributed by atoms with Crippen molar-refractivity contribution < 1.29 is 51.4 Å². The monoisotopic (exact) mass is 726 g/mol. The fraction of sp³-hybridized carbons (Fsp3) is 0.250. The molecule has 0 radical (unpaired) electrons. The number of fused-ring (bicyclic) bond motifs is 2. The third kappa shape index (κ3) is 5.85. The van der Waals surface area contributed by atoms with E-state index in [1.165, 1.54) is 51.2 Å². The van der Waals surface area contributed by atoms with Crippen molar-refractivity contribution in [1.82, 2.24) is 4.90 Å². The zero-order chi connectivity index (χ0) is 38.9. The van der Waals surface area contributed by atoms with Crippen molar-refractivity contribution >= 4 is 41.3 Å². The van der Waals surface area contributed by atoms with Gasteiger partial charge in [-0.05, 0) is 84.1 Å². The number of ether oxygens (including phenoxy) is 2. The summed E-state index contributed by atoms with van der Waals surface area (Å²) in [7, 11) is 1.39. The van der Waals surface area contributed by atoms with Crippen LogP contribution in [0.25, 0.3) is 0 Å². The number of hydrogen-bond donors (Lipinski definition) is 0.